The highest BCUT2D eigenvalue weighted by Crippen LogP contribution is 2.35. The summed E-state index contributed by atoms with van der Waals surface area (Å²) >= 11 is 0. The van der Waals surface area contributed by atoms with Crippen LogP contribution in [0, 0.1) is 6.92 Å². The average Bonchev–Trinajstić information content (AvgIpc) is 2.49. The molecule has 3 aromatic rings. The first kappa shape index (κ1) is 13.3. The molecule has 2 nitrogen and oxygen atoms in total. The first-order valence-corrected chi connectivity index (χ1v) is 6.96. The van der Waals surface area contributed by atoms with Gasteiger partial charge in [-0.3, -0.25) is 0 Å². The molecule has 3 rings (SSSR count). The van der Waals surface area contributed by atoms with E-state index in [0.29, 0.717) is 0 Å². The topological polar surface area (TPSA) is 52.0 Å². The van der Waals surface area contributed by atoms with Gasteiger partial charge in [-0.25, -0.2) is 0 Å². The van der Waals surface area contributed by atoms with E-state index < -0.39 is 0 Å². The van der Waals surface area contributed by atoms with Crippen LogP contribution in [-0.2, 0) is 0 Å². The summed E-state index contributed by atoms with van der Waals surface area (Å²) in [6.45, 7) is 2.12. The van der Waals surface area contributed by atoms with Gasteiger partial charge in [0.25, 0.3) is 0 Å². The normalized spacial score (nSPS) is 10.5. The number of nitrogens with two attached hydrogens (primary N) is 2. The Hall–Kier alpha value is -2.74. The third kappa shape index (κ3) is 2.61. The third-order valence-electron chi connectivity index (χ3n) is 3.70. The van der Waals surface area contributed by atoms with E-state index in [9.17, 15) is 0 Å². The average molecular weight is 274 g/mol. The summed E-state index contributed by atoms with van der Waals surface area (Å²) in [5, 5.41) is 0. The van der Waals surface area contributed by atoms with Crippen LogP contribution in [0.25, 0.3) is 22.3 Å². The number of aryl methyl sites for hydroxylation is 1. The van der Waals surface area contributed by atoms with Gasteiger partial charge in [0.15, 0.2) is 0 Å². The lowest BCUT2D eigenvalue weighted by Crippen LogP contribution is -1.92. The van der Waals surface area contributed by atoms with Crippen LogP contribution in [-0.4, -0.2) is 0 Å². The van der Waals surface area contributed by atoms with Crippen LogP contribution in [0.3, 0.4) is 0 Å². The quantitative estimate of drug-likeness (QED) is 0.676. The van der Waals surface area contributed by atoms with Gasteiger partial charge in [0.2, 0.25) is 0 Å². The van der Waals surface area contributed by atoms with Gasteiger partial charge >= 0.3 is 0 Å². The second-order valence-corrected chi connectivity index (χ2v) is 5.24. The minimum atomic E-state index is 0.770. The predicted molar refractivity (Wildman–Crippen MR) is 90.9 cm³/mol. The first-order chi connectivity index (χ1) is 10.1. The molecule has 0 aliphatic rings. The Morgan fingerprint density at radius 1 is 0.619 bits per heavy atom. The molecule has 0 aromatic heterocycles. The summed E-state index contributed by atoms with van der Waals surface area (Å²) in [6.07, 6.45) is 0. The lowest BCUT2D eigenvalue weighted by molar-refractivity contribution is 1.46. The molecule has 0 atom stereocenters. The van der Waals surface area contributed by atoms with E-state index in [1.54, 1.807) is 0 Å². The molecule has 2 heteroatoms. The molecule has 4 N–H and O–H groups in total. The summed E-state index contributed by atoms with van der Waals surface area (Å²) in [5.74, 6) is 0. The van der Waals surface area contributed by atoms with Crippen LogP contribution in [0.4, 0.5) is 11.4 Å². The molecule has 0 fully saturated rings. The SMILES string of the molecule is Cc1ccccc1-c1cc(N)ccc1-c1ccc(N)cc1. The number of nitrogen functional groups attached to an aromatic ring is 2. The van der Waals surface area contributed by atoms with Gasteiger partial charge in [-0.15, -0.1) is 0 Å². The summed E-state index contributed by atoms with van der Waals surface area (Å²) in [4.78, 5) is 0. The van der Waals surface area contributed by atoms with E-state index in [0.717, 1.165) is 22.5 Å². The van der Waals surface area contributed by atoms with E-state index in [1.807, 2.05) is 42.5 Å². The first-order valence-electron chi connectivity index (χ1n) is 6.96. The van der Waals surface area contributed by atoms with Crippen LogP contribution >= 0.6 is 0 Å². The monoisotopic (exact) mass is 274 g/mol. The molecule has 21 heavy (non-hydrogen) atoms. The molecule has 0 aliphatic carbocycles. The fraction of sp³-hybridized carbons (Fsp3) is 0.0526. The van der Waals surface area contributed by atoms with Gasteiger partial charge in [-0.1, -0.05) is 42.5 Å². The van der Waals surface area contributed by atoms with Gasteiger partial charge in [0.1, 0.15) is 0 Å². The Kier molecular flexibility index (Phi) is 3.36. The molecule has 0 aliphatic heterocycles. The number of hydrogen-bond donors (Lipinski definition) is 2. The Bertz CT molecular complexity index is 774. The van der Waals surface area contributed by atoms with Gasteiger partial charge in [-0.2, -0.15) is 0 Å². The maximum absolute atomic E-state index is 6.00. The predicted octanol–water partition coefficient (Wildman–Crippen LogP) is 4.49. The smallest absolute Gasteiger partial charge is 0.0320 e. The molecule has 0 heterocycles. The van der Waals surface area contributed by atoms with Crippen LogP contribution in [0.2, 0.25) is 0 Å². The molecule has 3 aromatic carbocycles. The van der Waals surface area contributed by atoms with Crippen LogP contribution in [0.15, 0.2) is 66.7 Å². The van der Waals surface area contributed by atoms with Crippen LogP contribution in [0.5, 0.6) is 0 Å². The summed E-state index contributed by atoms with van der Waals surface area (Å²) in [7, 11) is 0. The number of anilines is 2. The maximum atomic E-state index is 6.00. The van der Waals surface area contributed by atoms with Crippen molar-refractivity contribution in [1.29, 1.82) is 0 Å². The molecule has 0 saturated carbocycles. The van der Waals surface area contributed by atoms with Crippen molar-refractivity contribution in [3.05, 3.63) is 72.3 Å². The fourth-order valence-electron chi connectivity index (χ4n) is 2.57. The highest BCUT2D eigenvalue weighted by molar-refractivity contribution is 5.87. The van der Waals surface area contributed by atoms with E-state index >= 15 is 0 Å². The Morgan fingerprint density at radius 2 is 1.29 bits per heavy atom. The summed E-state index contributed by atoms with van der Waals surface area (Å²) in [6, 6.07) is 22.3. The Labute approximate surface area is 125 Å². The molecular formula is C19H18N2. The molecule has 104 valence electrons. The molecular weight excluding hydrogens is 256 g/mol. The Morgan fingerprint density at radius 3 is 2.00 bits per heavy atom. The number of rotatable bonds is 2. The van der Waals surface area contributed by atoms with E-state index in [2.05, 4.69) is 31.2 Å². The second kappa shape index (κ2) is 5.33. The summed E-state index contributed by atoms with van der Waals surface area (Å²) in [5.41, 5.74) is 19.2. The van der Waals surface area contributed by atoms with E-state index in [-0.39, 0.29) is 0 Å². The number of hydrogen-bond acceptors (Lipinski definition) is 2. The zero-order chi connectivity index (χ0) is 14.8. The molecule has 0 unspecified atom stereocenters. The number of benzene rings is 3. The van der Waals surface area contributed by atoms with E-state index in [1.165, 1.54) is 16.7 Å². The van der Waals surface area contributed by atoms with Gasteiger partial charge in [0, 0.05) is 11.4 Å². The zero-order valence-electron chi connectivity index (χ0n) is 12.0. The molecule has 0 spiro atoms. The third-order valence-corrected chi connectivity index (χ3v) is 3.70. The molecule has 0 saturated heterocycles. The molecule has 0 amide bonds. The Balaban J connectivity index is 2.23. The van der Waals surface area contributed by atoms with Crippen molar-refractivity contribution < 1.29 is 0 Å². The lowest BCUT2D eigenvalue weighted by Gasteiger charge is -2.13. The van der Waals surface area contributed by atoms with Crippen LogP contribution < -0.4 is 11.5 Å². The molecule has 0 radical (unpaired) electrons. The van der Waals surface area contributed by atoms with E-state index in [4.69, 9.17) is 11.5 Å². The minimum absolute atomic E-state index is 0.770. The standard InChI is InChI=1S/C19H18N2/c1-13-4-2-3-5-17(13)19-12-16(21)10-11-18(19)14-6-8-15(20)9-7-14/h2-12H,20-21H2,1H3. The summed E-state index contributed by atoms with van der Waals surface area (Å²) < 4.78 is 0. The molecule has 0 bridgehead atoms. The lowest BCUT2D eigenvalue weighted by atomic mass is 9.92. The van der Waals surface area contributed by atoms with Gasteiger partial charge in [-0.05, 0) is 59.0 Å². The minimum Gasteiger partial charge on any atom is -0.399 e. The van der Waals surface area contributed by atoms with Crippen molar-refractivity contribution in [2.75, 3.05) is 11.5 Å². The largest absolute Gasteiger partial charge is 0.399 e. The maximum Gasteiger partial charge on any atom is 0.0320 e. The van der Waals surface area contributed by atoms with Crippen molar-refractivity contribution >= 4 is 11.4 Å². The van der Waals surface area contributed by atoms with Gasteiger partial charge < -0.3 is 11.5 Å². The van der Waals surface area contributed by atoms with Crippen molar-refractivity contribution in [2.45, 2.75) is 6.92 Å². The van der Waals surface area contributed by atoms with Crippen molar-refractivity contribution in [3.8, 4) is 22.3 Å². The second-order valence-electron chi connectivity index (χ2n) is 5.24. The van der Waals surface area contributed by atoms with Crippen molar-refractivity contribution in [1.82, 2.24) is 0 Å². The zero-order valence-corrected chi connectivity index (χ0v) is 12.0. The highest BCUT2D eigenvalue weighted by Gasteiger charge is 2.09. The van der Waals surface area contributed by atoms with Gasteiger partial charge in [0.05, 0.1) is 0 Å². The highest BCUT2D eigenvalue weighted by atomic mass is 14.5. The fourth-order valence-corrected chi connectivity index (χ4v) is 2.57. The van der Waals surface area contributed by atoms with Crippen LogP contribution in [0.1, 0.15) is 5.56 Å². The van der Waals surface area contributed by atoms with Crippen molar-refractivity contribution in [3.63, 3.8) is 0 Å². The van der Waals surface area contributed by atoms with Crippen molar-refractivity contribution in [2.24, 2.45) is 0 Å².